The van der Waals surface area contributed by atoms with Gasteiger partial charge in [-0.25, -0.2) is 0 Å². The van der Waals surface area contributed by atoms with Crippen LogP contribution in [0.4, 0.5) is 0 Å². The van der Waals surface area contributed by atoms with Crippen LogP contribution in [0.5, 0.6) is 0 Å². The van der Waals surface area contributed by atoms with E-state index in [0.717, 1.165) is 5.56 Å². The highest BCUT2D eigenvalue weighted by atomic mass is 16.3. The third-order valence-corrected chi connectivity index (χ3v) is 2.46. The molecule has 0 heterocycles. The Hall–Kier alpha value is -1.26. The molecule has 0 aromatic heterocycles. The standard InChI is InChI=1S/C14H18O/c1-4-5-6-14(15)13-9-7-12(8-10-13)11(2)3/h7-11,14-15H,6H2,1-3H3. The van der Waals surface area contributed by atoms with Crippen molar-refractivity contribution in [3.8, 4) is 11.8 Å². The Bertz CT molecular complexity index is 351. The van der Waals surface area contributed by atoms with Gasteiger partial charge in [0.25, 0.3) is 0 Å². The van der Waals surface area contributed by atoms with Gasteiger partial charge in [0.2, 0.25) is 0 Å². The van der Waals surface area contributed by atoms with Crippen LogP contribution in [0.25, 0.3) is 0 Å². The van der Waals surface area contributed by atoms with Crippen LogP contribution in [0.15, 0.2) is 24.3 Å². The molecule has 1 aromatic rings. The molecule has 15 heavy (non-hydrogen) atoms. The Morgan fingerprint density at radius 1 is 1.13 bits per heavy atom. The third-order valence-electron chi connectivity index (χ3n) is 2.46. The molecular formula is C14H18O. The molecule has 1 atom stereocenters. The van der Waals surface area contributed by atoms with E-state index < -0.39 is 6.10 Å². The van der Waals surface area contributed by atoms with Crippen LogP contribution in [0.1, 0.15) is 50.3 Å². The first-order valence-electron chi connectivity index (χ1n) is 5.32. The van der Waals surface area contributed by atoms with Crippen molar-refractivity contribution in [1.29, 1.82) is 0 Å². The fourth-order valence-corrected chi connectivity index (χ4v) is 1.42. The molecule has 0 bridgehead atoms. The lowest BCUT2D eigenvalue weighted by atomic mass is 9.99. The summed E-state index contributed by atoms with van der Waals surface area (Å²) in [5, 5.41) is 9.78. The summed E-state index contributed by atoms with van der Waals surface area (Å²) in [6, 6.07) is 8.11. The molecule has 1 N–H and O–H groups in total. The SMILES string of the molecule is CC#CCC(O)c1ccc(C(C)C)cc1. The second kappa shape index (κ2) is 5.58. The summed E-state index contributed by atoms with van der Waals surface area (Å²) in [4.78, 5) is 0. The summed E-state index contributed by atoms with van der Waals surface area (Å²) in [6.07, 6.45) is 0.0519. The number of benzene rings is 1. The van der Waals surface area contributed by atoms with E-state index >= 15 is 0 Å². The van der Waals surface area contributed by atoms with E-state index in [2.05, 4.69) is 37.8 Å². The van der Waals surface area contributed by atoms with Crippen molar-refractivity contribution >= 4 is 0 Å². The Labute approximate surface area is 92.1 Å². The molecule has 0 saturated carbocycles. The predicted molar refractivity (Wildman–Crippen MR) is 63.6 cm³/mol. The molecule has 1 aromatic carbocycles. The molecule has 0 amide bonds. The van der Waals surface area contributed by atoms with Crippen molar-refractivity contribution in [3.63, 3.8) is 0 Å². The Balaban J connectivity index is 2.73. The predicted octanol–water partition coefficient (Wildman–Crippen LogP) is 3.26. The molecule has 0 aliphatic rings. The monoisotopic (exact) mass is 202 g/mol. The van der Waals surface area contributed by atoms with E-state index in [4.69, 9.17) is 0 Å². The van der Waals surface area contributed by atoms with Gasteiger partial charge in [0, 0.05) is 6.42 Å². The molecule has 0 aliphatic heterocycles. The van der Waals surface area contributed by atoms with Crippen molar-refractivity contribution in [3.05, 3.63) is 35.4 Å². The molecule has 80 valence electrons. The lowest BCUT2D eigenvalue weighted by molar-refractivity contribution is 0.184. The summed E-state index contributed by atoms with van der Waals surface area (Å²) in [5.74, 6) is 6.21. The van der Waals surface area contributed by atoms with Gasteiger partial charge in [0.15, 0.2) is 0 Å². The van der Waals surface area contributed by atoms with Crippen LogP contribution in [0.3, 0.4) is 0 Å². The zero-order chi connectivity index (χ0) is 11.3. The van der Waals surface area contributed by atoms with Gasteiger partial charge in [-0.05, 0) is 24.0 Å². The maximum absolute atomic E-state index is 9.78. The van der Waals surface area contributed by atoms with E-state index in [9.17, 15) is 5.11 Å². The van der Waals surface area contributed by atoms with E-state index in [-0.39, 0.29) is 0 Å². The van der Waals surface area contributed by atoms with Gasteiger partial charge in [-0.3, -0.25) is 0 Å². The maximum Gasteiger partial charge on any atom is 0.0899 e. The summed E-state index contributed by atoms with van der Waals surface area (Å²) < 4.78 is 0. The molecule has 0 fully saturated rings. The fraction of sp³-hybridized carbons (Fsp3) is 0.429. The Morgan fingerprint density at radius 3 is 2.13 bits per heavy atom. The highest BCUT2D eigenvalue weighted by molar-refractivity contribution is 5.26. The average Bonchev–Trinajstić information content (AvgIpc) is 2.26. The van der Waals surface area contributed by atoms with E-state index in [1.54, 1.807) is 6.92 Å². The fourth-order valence-electron chi connectivity index (χ4n) is 1.42. The molecular weight excluding hydrogens is 184 g/mol. The van der Waals surface area contributed by atoms with Crippen molar-refractivity contribution < 1.29 is 5.11 Å². The third kappa shape index (κ3) is 3.42. The van der Waals surface area contributed by atoms with Crippen molar-refractivity contribution in [2.75, 3.05) is 0 Å². The number of aliphatic hydroxyl groups is 1. The van der Waals surface area contributed by atoms with E-state index in [1.807, 2.05) is 12.1 Å². The lowest BCUT2D eigenvalue weighted by Crippen LogP contribution is -1.96. The summed E-state index contributed by atoms with van der Waals surface area (Å²) >= 11 is 0. The van der Waals surface area contributed by atoms with Gasteiger partial charge in [0.05, 0.1) is 6.10 Å². The number of hydrogen-bond acceptors (Lipinski definition) is 1. The average molecular weight is 202 g/mol. The van der Waals surface area contributed by atoms with Gasteiger partial charge in [-0.1, -0.05) is 38.1 Å². The van der Waals surface area contributed by atoms with Crippen LogP contribution >= 0.6 is 0 Å². The normalized spacial score (nSPS) is 12.1. The molecule has 1 heteroatoms. The van der Waals surface area contributed by atoms with E-state index in [1.165, 1.54) is 5.56 Å². The van der Waals surface area contributed by atoms with Crippen molar-refractivity contribution in [2.24, 2.45) is 0 Å². The zero-order valence-corrected chi connectivity index (χ0v) is 9.62. The first-order valence-corrected chi connectivity index (χ1v) is 5.32. The van der Waals surface area contributed by atoms with Crippen molar-refractivity contribution in [1.82, 2.24) is 0 Å². The van der Waals surface area contributed by atoms with Crippen LogP contribution in [-0.2, 0) is 0 Å². The summed E-state index contributed by atoms with van der Waals surface area (Å²) in [5.41, 5.74) is 2.25. The second-order valence-electron chi connectivity index (χ2n) is 3.97. The zero-order valence-electron chi connectivity index (χ0n) is 9.62. The quantitative estimate of drug-likeness (QED) is 0.746. The van der Waals surface area contributed by atoms with Gasteiger partial charge in [-0.15, -0.1) is 11.8 Å². The van der Waals surface area contributed by atoms with Crippen LogP contribution in [0.2, 0.25) is 0 Å². The topological polar surface area (TPSA) is 20.2 Å². The molecule has 0 saturated heterocycles. The van der Waals surface area contributed by atoms with Gasteiger partial charge in [-0.2, -0.15) is 0 Å². The van der Waals surface area contributed by atoms with Crippen LogP contribution in [-0.4, -0.2) is 5.11 Å². The second-order valence-corrected chi connectivity index (χ2v) is 3.97. The highest BCUT2D eigenvalue weighted by Crippen LogP contribution is 2.20. The molecule has 0 radical (unpaired) electrons. The first-order chi connectivity index (χ1) is 7.15. The minimum absolute atomic E-state index is 0.460. The maximum atomic E-state index is 9.78. The molecule has 1 unspecified atom stereocenters. The molecule has 1 rings (SSSR count). The first kappa shape index (κ1) is 11.8. The largest absolute Gasteiger partial charge is 0.387 e. The smallest absolute Gasteiger partial charge is 0.0899 e. The summed E-state index contributed by atoms with van der Waals surface area (Å²) in [6.45, 7) is 6.11. The van der Waals surface area contributed by atoms with Gasteiger partial charge in [0.1, 0.15) is 0 Å². The van der Waals surface area contributed by atoms with Crippen LogP contribution in [0, 0.1) is 11.8 Å². The number of hydrogen-bond donors (Lipinski definition) is 1. The highest BCUT2D eigenvalue weighted by Gasteiger charge is 2.06. The number of rotatable bonds is 3. The molecule has 1 nitrogen and oxygen atoms in total. The Morgan fingerprint density at radius 2 is 1.67 bits per heavy atom. The Kier molecular flexibility index (Phi) is 4.39. The van der Waals surface area contributed by atoms with Gasteiger partial charge < -0.3 is 5.11 Å². The molecule has 0 spiro atoms. The minimum atomic E-state index is -0.460. The lowest BCUT2D eigenvalue weighted by Gasteiger charge is -2.10. The summed E-state index contributed by atoms with van der Waals surface area (Å²) in [7, 11) is 0. The molecule has 0 aliphatic carbocycles. The van der Waals surface area contributed by atoms with Crippen LogP contribution < -0.4 is 0 Å². The van der Waals surface area contributed by atoms with Crippen molar-refractivity contribution in [2.45, 2.75) is 39.2 Å². The number of aliphatic hydroxyl groups excluding tert-OH is 1. The minimum Gasteiger partial charge on any atom is -0.387 e. The van der Waals surface area contributed by atoms with E-state index in [0.29, 0.717) is 12.3 Å². The van der Waals surface area contributed by atoms with Gasteiger partial charge >= 0.3 is 0 Å².